The Bertz CT molecular complexity index is 1430. The van der Waals surface area contributed by atoms with Gasteiger partial charge in [-0.15, -0.1) is 0 Å². The Morgan fingerprint density at radius 3 is 2.59 bits per heavy atom. The smallest absolute Gasteiger partial charge is 0.276 e. The molecule has 3 aromatic rings. The van der Waals surface area contributed by atoms with Gasteiger partial charge in [0.15, 0.2) is 5.69 Å². The van der Waals surface area contributed by atoms with Crippen molar-refractivity contribution in [1.82, 2.24) is 25.4 Å². The van der Waals surface area contributed by atoms with Gasteiger partial charge in [0, 0.05) is 24.2 Å². The summed E-state index contributed by atoms with van der Waals surface area (Å²) >= 11 is 0. The molecule has 3 heterocycles. The van der Waals surface area contributed by atoms with Crippen LogP contribution in [-0.4, -0.2) is 64.3 Å². The maximum absolute atomic E-state index is 13.2. The van der Waals surface area contributed by atoms with Gasteiger partial charge < -0.3 is 10.6 Å². The Labute approximate surface area is 242 Å². The highest BCUT2D eigenvalue weighted by molar-refractivity contribution is 6.11. The predicted molar refractivity (Wildman–Crippen MR) is 166 cm³/mol. The van der Waals surface area contributed by atoms with Crippen LogP contribution in [0.15, 0.2) is 59.4 Å². The van der Waals surface area contributed by atoms with Crippen molar-refractivity contribution in [3.63, 3.8) is 0 Å². The van der Waals surface area contributed by atoms with E-state index in [0.29, 0.717) is 11.4 Å². The van der Waals surface area contributed by atoms with Gasteiger partial charge in [-0.1, -0.05) is 32.9 Å². The van der Waals surface area contributed by atoms with Gasteiger partial charge in [-0.3, -0.25) is 24.6 Å². The third-order valence-corrected chi connectivity index (χ3v) is 7.75. The van der Waals surface area contributed by atoms with Crippen LogP contribution in [0, 0.1) is 5.92 Å². The molecule has 2 aromatic heterocycles. The molecule has 41 heavy (non-hydrogen) atoms. The molecule has 9 heteroatoms. The van der Waals surface area contributed by atoms with Gasteiger partial charge in [-0.05, 0) is 99.3 Å². The Hall–Kier alpha value is -4.11. The number of benzene rings is 1. The normalized spacial score (nSPS) is 15.3. The first-order valence-electron chi connectivity index (χ1n) is 14.4. The van der Waals surface area contributed by atoms with Crippen LogP contribution in [0.1, 0.15) is 79.9 Å². The fourth-order valence-corrected chi connectivity index (χ4v) is 5.06. The van der Waals surface area contributed by atoms with Gasteiger partial charge in [0.1, 0.15) is 5.69 Å². The summed E-state index contributed by atoms with van der Waals surface area (Å²) in [4.78, 5) is 36.4. The van der Waals surface area contributed by atoms with E-state index >= 15 is 0 Å². The number of allylic oxidation sites excluding steroid dienone is 1. The minimum absolute atomic E-state index is 0.111. The molecule has 0 unspecified atom stereocenters. The van der Waals surface area contributed by atoms with Crippen molar-refractivity contribution >= 4 is 40.7 Å². The number of nitrogens with one attached hydrogen (secondary N) is 3. The van der Waals surface area contributed by atoms with Crippen molar-refractivity contribution in [3.05, 3.63) is 71.3 Å². The number of aromatic amines is 1. The molecule has 1 aliphatic heterocycles. The second-order valence-corrected chi connectivity index (χ2v) is 10.9. The Morgan fingerprint density at radius 1 is 1.17 bits per heavy atom. The molecule has 1 aliphatic rings. The van der Waals surface area contributed by atoms with E-state index in [9.17, 15) is 9.59 Å². The van der Waals surface area contributed by atoms with E-state index in [1.165, 1.54) is 19.0 Å². The van der Waals surface area contributed by atoms with Crippen LogP contribution < -0.4 is 10.6 Å². The Kier molecular flexibility index (Phi) is 10.2. The van der Waals surface area contributed by atoms with Gasteiger partial charge >= 0.3 is 0 Å². The van der Waals surface area contributed by atoms with Crippen molar-refractivity contribution in [1.29, 1.82) is 0 Å². The van der Waals surface area contributed by atoms with Gasteiger partial charge in [0.05, 0.1) is 17.4 Å². The zero-order valence-corrected chi connectivity index (χ0v) is 24.5. The summed E-state index contributed by atoms with van der Waals surface area (Å²) in [7, 11) is 0. The topological polar surface area (TPSA) is 115 Å². The lowest BCUT2D eigenvalue weighted by atomic mass is 9.98. The number of aliphatic imine (C=N–C) groups is 1. The van der Waals surface area contributed by atoms with Gasteiger partial charge in [0.25, 0.3) is 11.8 Å². The van der Waals surface area contributed by atoms with E-state index < -0.39 is 0 Å². The second-order valence-electron chi connectivity index (χ2n) is 10.9. The second kappa shape index (κ2) is 14.0. The molecule has 0 saturated carbocycles. The first-order valence-corrected chi connectivity index (χ1v) is 14.4. The minimum atomic E-state index is -0.359. The molecular weight excluding hydrogens is 514 g/mol. The predicted octanol–water partition coefficient (Wildman–Crippen LogP) is 5.85. The number of hydrogen-bond donors (Lipinski definition) is 3. The molecule has 4 rings (SSSR count). The van der Waals surface area contributed by atoms with Crippen LogP contribution in [0.25, 0.3) is 16.5 Å². The number of piperidine rings is 1. The van der Waals surface area contributed by atoms with Crippen LogP contribution in [0.2, 0.25) is 0 Å². The monoisotopic (exact) mass is 555 g/mol. The van der Waals surface area contributed by atoms with Crippen LogP contribution in [0.4, 0.5) is 5.69 Å². The van der Waals surface area contributed by atoms with Crippen LogP contribution in [0.3, 0.4) is 0 Å². The summed E-state index contributed by atoms with van der Waals surface area (Å²) < 4.78 is 0. The molecule has 1 saturated heterocycles. The van der Waals surface area contributed by atoms with E-state index in [-0.39, 0.29) is 23.6 Å². The highest BCUT2D eigenvalue weighted by Gasteiger charge is 2.18. The summed E-state index contributed by atoms with van der Waals surface area (Å²) in [6.45, 7) is 15.1. The Morgan fingerprint density at radius 2 is 1.93 bits per heavy atom. The first-order chi connectivity index (χ1) is 19.8. The molecular formula is C32H41N7O2. The van der Waals surface area contributed by atoms with E-state index in [2.05, 4.69) is 62.3 Å². The highest BCUT2D eigenvalue weighted by atomic mass is 16.2. The molecule has 0 aliphatic carbocycles. The lowest BCUT2D eigenvalue weighted by Crippen LogP contribution is -2.34. The average Bonchev–Trinajstić information content (AvgIpc) is 3.41. The summed E-state index contributed by atoms with van der Waals surface area (Å²) in [6.07, 6.45) is 9.59. The summed E-state index contributed by atoms with van der Waals surface area (Å²) in [5.74, 6) is 0.197. The maximum Gasteiger partial charge on any atom is 0.276 e. The van der Waals surface area contributed by atoms with Crippen molar-refractivity contribution in [2.45, 2.75) is 59.4 Å². The van der Waals surface area contributed by atoms with Crippen molar-refractivity contribution in [2.75, 3.05) is 25.0 Å². The number of amides is 2. The van der Waals surface area contributed by atoms with Crippen molar-refractivity contribution < 1.29 is 9.59 Å². The molecule has 2 amide bonds. The number of pyridine rings is 1. The molecule has 0 radical (unpaired) electrons. The number of likely N-dealkylation sites (tertiary alicyclic amines) is 1. The number of aromatic nitrogens is 3. The van der Waals surface area contributed by atoms with Crippen molar-refractivity contribution in [3.8, 4) is 0 Å². The number of rotatable bonds is 11. The molecule has 1 fully saturated rings. The number of carbonyl (C=O) groups is 2. The quantitative estimate of drug-likeness (QED) is 0.203. The van der Waals surface area contributed by atoms with Crippen LogP contribution in [-0.2, 0) is 0 Å². The number of nitrogens with zero attached hydrogens (tertiary/aromatic N) is 4. The number of carbonyl (C=O) groups excluding carboxylic acids is 2. The lowest BCUT2D eigenvalue weighted by Gasteiger charge is -2.30. The van der Waals surface area contributed by atoms with Crippen molar-refractivity contribution in [2.24, 2.45) is 10.9 Å². The minimum Gasteiger partial charge on any atom is -0.348 e. The summed E-state index contributed by atoms with van der Waals surface area (Å²) in [5, 5.41) is 13.8. The fourth-order valence-electron chi connectivity index (χ4n) is 5.06. The van der Waals surface area contributed by atoms with E-state index in [1.807, 2.05) is 38.2 Å². The highest BCUT2D eigenvalue weighted by Crippen LogP contribution is 2.25. The number of fused-ring (bicyclic) bond motifs is 1. The zero-order chi connectivity index (χ0) is 29.4. The molecule has 0 atom stereocenters. The molecule has 0 spiro atoms. The molecule has 3 N–H and O–H groups in total. The first kappa shape index (κ1) is 29.9. The average molecular weight is 556 g/mol. The van der Waals surface area contributed by atoms with Gasteiger partial charge in [0.2, 0.25) is 0 Å². The summed E-state index contributed by atoms with van der Waals surface area (Å²) in [6, 6.07) is 9.32. The molecule has 1 aromatic carbocycles. The number of anilines is 1. The number of H-pyrrole nitrogens is 1. The van der Waals surface area contributed by atoms with Crippen LogP contribution >= 0.6 is 0 Å². The summed E-state index contributed by atoms with van der Waals surface area (Å²) in [5.41, 5.74) is 5.00. The largest absolute Gasteiger partial charge is 0.348 e. The van der Waals surface area contributed by atoms with E-state index in [0.717, 1.165) is 66.0 Å². The SMILES string of the molecule is C=N/C=C(\C=C(/C)c1ccc2[nH]nc(C(=O)Nc3ccc(C(=O)NC(CC)CC)nc3)c2c1)CN1CCC(C)CC1. The molecule has 9 nitrogen and oxygen atoms in total. The Balaban J connectivity index is 1.47. The van der Waals surface area contributed by atoms with E-state index in [4.69, 9.17) is 0 Å². The molecule has 0 bridgehead atoms. The lowest BCUT2D eigenvalue weighted by molar-refractivity contribution is 0.0929. The third kappa shape index (κ3) is 7.76. The van der Waals surface area contributed by atoms with Gasteiger partial charge in [-0.2, -0.15) is 5.10 Å². The van der Waals surface area contributed by atoms with E-state index in [1.54, 1.807) is 12.1 Å². The van der Waals surface area contributed by atoms with Gasteiger partial charge in [-0.25, -0.2) is 4.98 Å². The maximum atomic E-state index is 13.2. The number of hydrogen-bond acceptors (Lipinski definition) is 6. The van der Waals surface area contributed by atoms with Crippen LogP contribution in [0.5, 0.6) is 0 Å². The standard InChI is InChI=1S/C32H41N7O2/c1-6-25(7-2)35-31(40)29-11-9-26(19-34-29)36-32(41)30-27-17-24(8-10-28(27)37-38-30)22(4)16-23(18-33-5)20-39-14-12-21(3)13-15-39/h8-11,16-19,21,25H,5-7,12-15,20H2,1-4H3,(H,35,40)(H,36,41)(H,37,38)/b22-16+,23-18+. The zero-order valence-electron chi connectivity index (χ0n) is 24.5. The fraction of sp³-hybridized carbons (Fsp3) is 0.406. The third-order valence-electron chi connectivity index (χ3n) is 7.75. The molecule has 216 valence electrons.